The van der Waals surface area contributed by atoms with Crippen LogP contribution in [0.2, 0.25) is 0 Å². The number of sulfone groups is 1. The molecular weight excluding hydrogens is 282 g/mol. The fourth-order valence-electron chi connectivity index (χ4n) is 2.54. The molecule has 0 atom stereocenters. The van der Waals surface area contributed by atoms with Crippen molar-refractivity contribution in [2.24, 2.45) is 5.92 Å². The molecule has 0 radical (unpaired) electrons. The standard InChI is InChI=1S/C13H21NO5S/c15-12-3-1-11(2-4-12)13(16)19-8-5-14-6-9-20(17,18)10-7-14/h11H,1-10H2. The van der Waals surface area contributed by atoms with Crippen molar-refractivity contribution < 1.29 is 22.7 Å². The molecular formula is C13H21NO5S. The maximum absolute atomic E-state index is 11.8. The maximum Gasteiger partial charge on any atom is 0.308 e. The molecule has 114 valence electrons. The van der Waals surface area contributed by atoms with E-state index in [0.717, 1.165) is 0 Å². The van der Waals surface area contributed by atoms with Crippen molar-refractivity contribution in [3.63, 3.8) is 0 Å². The number of carbonyl (C=O) groups excluding carboxylic acids is 2. The zero-order chi connectivity index (χ0) is 14.6. The van der Waals surface area contributed by atoms with Gasteiger partial charge in [-0.3, -0.25) is 14.5 Å². The van der Waals surface area contributed by atoms with E-state index in [4.69, 9.17) is 4.74 Å². The van der Waals surface area contributed by atoms with Crippen molar-refractivity contribution >= 4 is 21.6 Å². The van der Waals surface area contributed by atoms with E-state index >= 15 is 0 Å². The maximum atomic E-state index is 11.8. The van der Waals surface area contributed by atoms with Gasteiger partial charge < -0.3 is 4.74 Å². The highest BCUT2D eigenvalue weighted by atomic mass is 32.2. The van der Waals surface area contributed by atoms with Crippen LogP contribution in [0.25, 0.3) is 0 Å². The smallest absolute Gasteiger partial charge is 0.308 e. The molecule has 2 fully saturated rings. The predicted octanol–water partition coefficient (Wildman–Crippen LogP) is 0.0193. The average molecular weight is 303 g/mol. The molecule has 1 heterocycles. The van der Waals surface area contributed by atoms with Gasteiger partial charge in [-0.05, 0) is 12.8 Å². The molecule has 20 heavy (non-hydrogen) atoms. The van der Waals surface area contributed by atoms with Crippen LogP contribution in [-0.2, 0) is 24.2 Å². The second-order valence-corrected chi connectivity index (χ2v) is 7.78. The van der Waals surface area contributed by atoms with Crippen LogP contribution in [0.1, 0.15) is 25.7 Å². The molecule has 1 aliphatic heterocycles. The second-order valence-electron chi connectivity index (χ2n) is 5.47. The number of esters is 1. The van der Waals surface area contributed by atoms with Gasteiger partial charge in [0.05, 0.1) is 17.4 Å². The zero-order valence-electron chi connectivity index (χ0n) is 11.5. The molecule has 0 unspecified atom stereocenters. The monoisotopic (exact) mass is 303 g/mol. The molecule has 2 rings (SSSR count). The van der Waals surface area contributed by atoms with Crippen LogP contribution >= 0.6 is 0 Å². The topological polar surface area (TPSA) is 80.8 Å². The third-order valence-corrected chi connectivity index (χ3v) is 5.57. The van der Waals surface area contributed by atoms with Crippen LogP contribution in [0.3, 0.4) is 0 Å². The first-order valence-corrected chi connectivity index (χ1v) is 8.89. The zero-order valence-corrected chi connectivity index (χ0v) is 12.4. The summed E-state index contributed by atoms with van der Waals surface area (Å²) in [4.78, 5) is 24.9. The van der Waals surface area contributed by atoms with Gasteiger partial charge in [0.15, 0.2) is 9.84 Å². The highest BCUT2D eigenvalue weighted by molar-refractivity contribution is 7.91. The SMILES string of the molecule is O=C1CCC(C(=O)OCCN2CCS(=O)(=O)CC2)CC1. The van der Waals surface area contributed by atoms with Crippen molar-refractivity contribution in [1.82, 2.24) is 4.90 Å². The van der Waals surface area contributed by atoms with E-state index in [0.29, 0.717) is 51.9 Å². The van der Waals surface area contributed by atoms with Gasteiger partial charge in [-0.25, -0.2) is 8.42 Å². The fraction of sp³-hybridized carbons (Fsp3) is 0.846. The molecule has 0 aromatic heterocycles. The van der Waals surface area contributed by atoms with E-state index in [1.165, 1.54) is 0 Å². The molecule has 1 saturated heterocycles. The molecule has 2 aliphatic rings. The van der Waals surface area contributed by atoms with E-state index in [9.17, 15) is 18.0 Å². The van der Waals surface area contributed by atoms with Crippen LogP contribution in [-0.4, -0.2) is 62.8 Å². The number of ketones is 1. The molecule has 0 bridgehead atoms. The van der Waals surface area contributed by atoms with Crippen LogP contribution in [0.15, 0.2) is 0 Å². The first-order valence-electron chi connectivity index (χ1n) is 7.07. The van der Waals surface area contributed by atoms with E-state index in [1.807, 2.05) is 4.90 Å². The summed E-state index contributed by atoms with van der Waals surface area (Å²) in [7, 11) is -2.86. The number of hydrogen-bond acceptors (Lipinski definition) is 6. The Balaban J connectivity index is 1.63. The fourth-order valence-corrected chi connectivity index (χ4v) is 3.82. The van der Waals surface area contributed by atoms with Gasteiger partial charge in [-0.2, -0.15) is 0 Å². The van der Waals surface area contributed by atoms with Crippen LogP contribution in [0, 0.1) is 5.92 Å². The molecule has 0 N–H and O–H groups in total. The normalized spacial score (nSPS) is 24.5. The molecule has 0 amide bonds. The van der Waals surface area contributed by atoms with Crippen molar-refractivity contribution in [2.45, 2.75) is 25.7 Å². The quantitative estimate of drug-likeness (QED) is 0.681. The molecule has 0 spiro atoms. The van der Waals surface area contributed by atoms with Gasteiger partial charge in [0.25, 0.3) is 0 Å². The van der Waals surface area contributed by atoms with Gasteiger partial charge in [0.1, 0.15) is 12.4 Å². The molecule has 1 aliphatic carbocycles. The Kier molecular flexibility index (Phi) is 5.15. The summed E-state index contributed by atoms with van der Waals surface area (Å²) in [5, 5.41) is 0. The van der Waals surface area contributed by atoms with Gasteiger partial charge >= 0.3 is 5.97 Å². The summed E-state index contributed by atoms with van der Waals surface area (Å²) in [6.07, 6.45) is 2.15. The Morgan fingerprint density at radius 2 is 1.80 bits per heavy atom. The first kappa shape index (κ1) is 15.4. The number of rotatable bonds is 4. The van der Waals surface area contributed by atoms with Crippen molar-refractivity contribution in [2.75, 3.05) is 37.7 Å². The summed E-state index contributed by atoms with van der Waals surface area (Å²) in [5.74, 6) is 0.234. The summed E-state index contributed by atoms with van der Waals surface area (Å²) in [6, 6.07) is 0. The lowest BCUT2D eigenvalue weighted by Gasteiger charge is -2.26. The Hall–Kier alpha value is -0.950. The minimum atomic E-state index is -2.86. The predicted molar refractivity (Wildman–Crippen MR) is 73.0 cm³/mol. The highest BCUT2D eigenvalue weighted by Crippen LogP contribution is 2.22. The number of Topliss-reactive ketones (excluding diaryl/α,β-unsaturated/α-hetero) is 1. The third-order valence-electron chi connectivity index (χ3n) is 3.97. The van der Waals surface area contributed by atoms with Gasteiger partial charge in [0.2, 0.25) is 0 Å². The Morgan fingerprint density at radius 1 is 1.20 bits per heavy atom. The highest BCUT2D eigenvalue weighted by Gasteiger charge is 2.26. The number of carbonyl (C=O) groups is 2. The summed E-state index contributed by atoms with van der Waals surface area (Å²) < 4.78 is 27.8. The first-order chi connectivity index (χ1) is 9.46. The minimum absolute atomic E-state index is 0.144. The molecule has 6 nitrogen and oxygen atoms in total. The molecule has 0 aromatic rings. The Labute approximate surface area is 119 Å². The van der Waals surface area contributed by atoms with Gasteiger partial charge in [0, 0.05) is 32.5 Å². The lowest BCUT2D eigenvalue weighted by molar-refractivity contribution is -0.150. The van der Waals surface area contributed by atoms with Crippen molar-refractivity contribution in [1.29, 1.82) is 0 Å². The number of hydrogen-bond donors (Lipinski definition) is 0. The van der Waals surface area contributed by atoms with E-state index in [1.54, 1.807) is 0 Å². The lowest BCUT2D eigenvalue weighted by atomic mass is 9.88. The van der Waals surface area contributed by atoms with Gasteiger partial charge in [-0.15, -0.1) is 0 Å². The largest absolute Gasteiger partial charge is 0.464 e. The third kappa shape index (κ3) is 4.56. The Bertz CT molecular complexity index is 449. The van der Waals surface area contributed by atoms with E-state index in [-0.39, 0.29) is 29.2 Å². The van der Waals surface area contributed by atoms with Crippen LogP contribution < -0.4 is 0 Å². The molecule has 1 saturated carbocycles. The van der Waals surface area contributed by atoms with Gasteiger partial charge in [-0.1, -0.05) is 0 Å². The van der Waals surface area contributed by atoms with Crippen molar-refractivity contribution in [3.8, 4) is 0 Å². The second kappa shape index (κ2) is 6.67. The number of ether oxygens (including phenoxy) is 1. The Morgan fingerprint density at radius 3 is 2.40 bits per heavy atom. The van der Waals surface area contributed by atoms with Crippen LogP contribution in [0.4, 0.5) is 0 Å². The van der Waals surface area contributed by atoms with Crippen molar-refractivity contribution in [3.05, 3.63) is 0 Å². The summed E-state index contributed by atoms with van der Waals surface area (Å²) in [5.41, 5.74) is 0. The van der Waals surface area contributed by atoms with E-state index in [2.05, 4.69) is 0 Å². The summed E-state index contributed by atoms with van der Waals surface area (Å²) in [6.45, 7) is 1.89. The van der Waals surface area contributed by atoms with E-state index < -0.39 is 9.84 Å². The van der Waals surface area contributed by atoms with Crippen LogP contribution in [0.5, 0.6) is 0 Å². The lowest BCUT2D eigenvalue weighted by Crippen LogP contribution is -2.42. The number of nitrogens with zero attached hydrogens (tertiary/aromatic N) is 1. The average Bonchev–Trinajstić information content (AvgIpc) is 2.41. The summed E-state index contributed by atoms with van der Waals surface area (Å²) >= 11 is 0. The molecule has 7 heteroatoms. The minimum Gasteiger partial charge on any atom is -0.464 e. The molecule has 0 aromatic carbocycles.